The number of nitrogen functional groups attached to an aromatic ring is 1. The van der Waals surface area contributed by atoms with E-state index in [2.05, 4.69) is 16.6 Å². The third kappa shape index (κ3) is 2.79. The second-order valence-corrected chi connectivity index (χ2v) is 6.61. The number of aromatic nitrogens is 1. The minimum Gasteiger partial charge on any atom is -0.398 e. The van der Waals surface area contributed by atoms with E-state index in [1.54, 1.807) is 6.20 Å². The fourth-order valence-corrected chi connectivity index (χ4v) is 4.04. The molecule has 1 aliphatic rings. The summed E-state index contributed by atoms with van der Waals surface area (Å²) in [5.41, 5.74) is 7.45. The number of fused-ring (bicyclic) bond motifs is 1. The number of pyridine rings is 1. The second-order valence-electron chi connectivity index (χ2n) is 5.53. The summed E-state index contributed by atoms with van der Waals surface area (Å²) in [5, 5.41) is 4.73. The molecule has 1 heterocycles. The van der Waals surface area contributed by atoms with Crippen LogP contribution in [-0.2, 0) is 0 Å². The first-order valence-corrected chi connectivity index (χ1v) is 8.61. The molecule has 2 aromatic rings. The predicted molar refractivity (Wildman–Crippen MR) is 89.3 cm³/mol. The van der Waals surface area contributed by atoms with Crippen LogP contribution in [0.2, 0.25) is 0 Å². The maximum absolute atomic E-state index is 14.4. The third-order valence-electron chi connectivity index (χ3n) is 4.21. The molecule has 112 valence electrons. The molecule has 0 amide bonds. The van der Waals surface area contributed by atoms with Gasteiger partial charge in [-0.3, -0.25) is 4.98 Å². The smallest absolute Gasteiger partial charge is 0.150 e. The van der Waals surface area contributed by atoms with E-state index in [0.29, 0.717) is 22.1 Å². The highest BCUT2D eigenvalue weighted by atomic mass is 32.2. The predicted octanol–water partition coefficient (Wildman–Crippen LogP) is 4.04. The maximum atomic E-state index is 14.4. The molecule has 0 saturated heterocycles. The van der Waals surface area contributed by atoms with Crippen molar-refractivity contribution in [1.29, 1.82) is 0 Å². The van der Waals surface area contributed by atoms with E-state index in [1.165, 1.54) is 25.3 Å². The molecule has 5 heteroatoms. The molecule has 0 aliphatic heterocycles. The molecule has 21 heavy (non-hydrogen) atoms. The number of hydrogen-bond donors (Lipinski definition) is 2. The summed E-state index contributed by atoms with van der Waals surface area (Å²) in [4.78, 5) is 4.33. The molecule has 1 aromatic carbocycles. The average Bonchev–Trinajstić information content (AvgIpc) is 2.52. The standard InChI is InChI=1S/C16H20FN3S/c1-21-14-7-3-2-6-13(14)20-16-11(17)9-12(18)10-5-4-8-19-15(10)16/h4-5,8-9,13-14,20H,2-3,6-7,18H2,1H3. The minimum absolute atomic E-state index is 0.289. The number of benzene rings is 1. The molecule has 3 nitrogen and oxygen atoms in total. The Bertz CT molecular complexity index is 647. The molecule has 3 N–H and O–H groups in total. The normalized spacial score (nSPS) is 22.4. The molecular weight excluding hydrogens is 285 g/mol. The Morgan fingerprint density at radius 3 is 3.00 bits per heavy atom. The zero-order chi connectivity index (χ0) is 14.8. The summed E-state index contributed by atoms with van der Waals surface area (Å²) < 4.78 is 14.4. The lowest BCUT2D eigenvalue weighted by Crippen LogP contribution is -2.34. The molecule has 1 aromatic heterocycles. The van der Waals surface area contributed by atoms with Crippen molar-refractivity contribution < 1.29 is 4.39 Å². The van der Waals surface area contributed by atoms with Gasteiger partial charge < -0.3 is 11.1 Å². The first-order chi connectivity index (χ1) is 10.2. The number of halogens is 1. The van der Waals surface area contributed by atoms with Gasteiger partial charge in [-0.05, 0) is 37.3 Å². The largest absolute Gasteiger partial charge is 0.398 e. The van der Waals surface area contributed by atoms with Crippen LogP contribution in [0.15, 0.2) is 24.4 Å². The Morgan fingerprint density at radius 2 is 2.19 bits per heavy atom. The SMILES string of the molecule is CSC1CCCCC1Nc1c(F)cc(N)c2cccnc12. The van der Waals surface area contributed by atoms with Crippen molar-refractivity contribution in [2.24, 2.45) is 0 Å². The van der Waals surface area contributed by atoms with Gasteiger partial charge >= 0.3 is 0 Å². The van der Waals surface area contributed by atoms with Gasteiger partial charge in [0.15, 0.2) is 5.82 Å². The highest BCUT2D eigenvalue weighted by molar-refractivity contribution is 7.99. The van der Waals surface area contributed by atoms with Crippen molar-refractivity contribution in [3.8, 4) is 0 Å². The maximum Gasteiger partial charge on any atom is 0.150 e. The number of nitrogens with zero attached hydrogens (tertiary/aromatic N) is 1. The van der Waals surface area contributed by atoms with Crippen molar-refractivity contribution in [2.75, 3.05) is 17.3 Å². The van der Waals surface area contributed by atoms with Gasteiger partial charge in [0.1, 0.15) is 0 Å². The van der Waals surface area contributed by atoms with E-state index >= 15 is 0 Å². The van der Waals surface area contributed by atoms with Crippen molar-refractivity contribution >= 4 is 34.0 Å². The number of hydrogen-bond acceptors (Lipinski definition) is 4. The summed E-state index contributed by atoms with van der Waals surface area (Å²) in [6.45, 7) is 0. The fourth-order valence-electron chi connectivity index (χ4n) is 3.10. The number of nitrogens with one attached hydrogen (secondary N) is 1. The van der Waals surface area contributed by atoms with Gasteiger partial charge in [-0.15, -0.1) is 0 Å². The molecule has 0 spiro atoms. The lowest BCUT2D eigenvalue weighted by Gasteiger charge is -2.32. The molecule has 2 atom stereocenters. The highest BCUT2D eigenvalue weighted by Crippen LogP contribution is 2.34. The van der Waals surface area contributed by atoms with Crippen molar-refractivity contribution in [1.82, 2.24) is 4.98 Å². The van der Waals surface area contributed by atoms with E-state index in [0.717, 1.165) is 11.8 Å². The van der Waals surface area contributed by atoms with E-state index in [9.17, 15) is 4.39 Å². The van der Waals surface area contributed by atoms with Crippen LogP contribution in [0, 0.1) is 5.82 Å². The molecule has 2 unspecified atom stereocenters. The van der Waals surface area contributed by atoms with E-state index in [-0.39, 0.29) is 11.9 Å². The van der Waals surface area contributed by atoms with Crippen LogP contribution in [0.4, 0.5) is 15.8 Å². The van der Waals surface area contributed by atoms with Gasteiger partial charge in [0, 0.05) is 28.6 Å². The van der Waals surface area contributed by atoms with Crippen molar-refractivity contribution in [3.63, 3.8) is 0 Å². The summed E-state index contributed by atoms with van der Waals surface area (Å²) in [6, 6.07) is 5.39. The highest BCUT2D eigenvalue weighted by Gasteiger charge is 2.26. The number of nitrogens with two attached hydrogens (primary N) is 1. The fraction of sp³-hybridized carbons (Fsp3) is 0.438. The second kappa shape index (κ2) is 6.10. The van der Waals surface area contributed by atoms with Crippen LogP contribution in [-0.4, -0.2) is 22.5 Å². The lowest BCUT2D eigenvalue weighted by molar-refractivity contribution is 0.473. The van der Waals surface area contributed by atoms with Crippen LogP contribution in [0.25, 0.3) is 10.9 Å². The van der Waals surface area contributed by atoms with Gasteiger partial charge in [0.2, 0.25) is 0 Å². The third-order valence-corrected chi connectivity index (χ3v) is 5.38. The summed E-state index contributed by atoms with van der Waals surface area (Å²) in [5.74, 6) is -0.316. The Hall–Kier alpha value is -1.49. The van der Waals surface area contributed by atoms with Crippen LogP contribution in [0.5, 0.6) is 0 Å². The Kier molecular flexibility index (Phi) is 4.19. The Balaban J connectivity index is 2.00. The van der Waals surface area contributed by atoms with Gasteiger partial charge in [-0.25, -0.2) is 4.39 Å². The molecule has 1 aliphatic carbocycles. The van der Waals surface area contributed by atoms with Crippen molar-refractivity contribution in [3.05, 3.63) is 30.2 Å². The van der Waals surface area contributed by atoms with Crippen LogP contribution >= 0.6 is 11.8 Å². The Labute approximate surface area is 128 Å². The summed E-state index contributed by atoms with van der Waals surface area (Å²) >= 11 is 1.86. The van der Waals surface area contributed by atoms with Gasteiger partial charge in [0.25, 0.3) is 0 Å². The molecule has 0 bridgehead atoms. The summed E-state index contributed by atoms with van der Waals surface area (Å²) in [7, 11) is 0. The van der Waals surface area contributed by atoms with E-state index in [4.69, 9.17) is 5.73 Å². The summed E-state index contributed by atoms with van der Waals surface area (Å²) in [6.07, 6.45) is 8.51. The lowest BCUT2D eigenvalue weighted by atomic mass is 9.94. The van der Waals surface area contributed by atoms with E-state index < -0.39 is 0 Å². The van der Waals surface area contributed by atoms with Crippen molar-refractivity contribution in [2.45, 2.75) is 37.0 Å². The average molecular weight is 305 g/mol. The quantitative estimate of drug-likeness (QED) is 0.840. The number of thioether (sulfide) groups is 1. The minimum atomic E-state index is -0.316. The van der Waals surface area contributed by atoms with Crippen LogP contribution in [0.3, 0.4) is 0 Å². The molecule has 3 rings (SSSR count). The zero-order valence-corrected chi connectivity index (χ0v) is 12.9. The van der Waals surface area contributed by atoms with E-state index in [1.807, 2.05) is 23.9 Å². The Morgan fingerprint density at radius 1 is 1.38 bits per heavy atom. The first kappa shape index (κ1) is 14.4. The molecule has 1 fully saturated rings. The molecule has 0 radical (unpaired) electrons. The van der Waals surface area contributed by atoms with Crippen LogP contribution in [0.1, 0.15) is 25.7 Å². The zero-order valence-electron chi connectivity index (χ0n) is 12.1. The number of anilines is 2. The van der Waals surface area contributed by atoms with Gasteiger partial charge in [-0.2, -0.15) is 11.8 Å². The number of rotatable bonds is 3. The van der Waals surface area contributed by atoms with Gasteiger partial charge in [-0.1, -0.05) is 12.8 Å². The molecular formula is C16H20FN3S. The monoisotopic (exact) mass is 305 g/mol. The molecule has 1 saturated carbocycles. The topological polar surface area (TPSA) is 50.9 Å². The van der Waals surface area contributed by atoms with Gasteiger partial charge in [0.05, 0.1) is 11.2 Å². The van der Waals surface area contributed by atoms with Crippen LogP contribution < -0.4 is 11.1 Å². The first-order valence-electron chi connectivity index (χ1n) is 7.32.